The zero-order chi connectivity index (χ0) is 15.2. The van der Waals surface area contributed by atoms with Crippen molar-refractivity contribution < 1.29 is 9.47 Å². The summed E-state index contributed by atoms with van der Waals surface area (Å²) in [7, 11) is 3.39. The van der Waals surface area contributed by atoms with Gasteiger partial charge in [-0.3, -0.25) is 0 Å². The molecule has 0 saturated carbocycles. The Morgan fingerprint density at radius 3 is 2.62 bits per heavy atom. The lowest BCUT2D eigenvalue weighted by Crippen LogP contribution is -2.09. The molecular formula is C17H20BrNO2. The lowest BCUT2D eigenvalue weighted by molar-refractivity contribution is 0.185. The van der Waals surface area contributed by atoms with E-state index >= 15 is 0 Å². The van der Waals surface area contributed by atoms with E-state index in [4.69, 9.17) is 9.47 Å². The minimum absolute atomic E-state index is 0.171. The second kappa shape index (κ2) is 7.48. The lowest BCUT2D eigenvalue weighted by Gasteiger charge is -2.19. The van der Waals surface area contributed by atoms with E-state index in [0.717, 1.165) is 21.5 Å². The molecule has 0 bridgehead atoms. The van der Waals surface area contributed by atoms with Gasteiger partial charge in [0.25, 0.3) is 0 Å². The van der Waals surface area contributed by atoms with Gasteiger partial charge in [-0.15, -0.1) is 0 Å². The number of anilines is 1. The van der Waals surface area contributed by atoms with Crippen LogP contribution < -0.4 is 10.1 Å². The van der Waals surface area contributed by atoms with E-state index in [0.29, 0.717) is 6.61 Å². The fraction of sp³-hybridized carbons (Fsp3) is 0.294. The minimum Gasteiger partial charge on any atom is -0.497 e. The van der Waals surface area contributed by atoms with Crippen LogP contribution in [0.1, 0.15) is 24.1 Å². The summed E-state index contributed by atoms with van der Waals surface area (Å²) >= 11 is 3.58. The Hall–Kier alpha value is -1.52. The quantitative estimate of drug-likeness (QED) is 0.814. The molecule has 2 aromatic carbocycles. The normalized spacial score (nSPS) is 12.0. The molecule has 0 spiro atoms. The van der Waals surface area contributed by atoms with Gasteiger partial charge in [0.2, 0.25) is 0 Å². The molecule has 0 radical (unpaired) electrons. The van der Waals surface area contributed by atoms with Crippen LogP contribution in [0.15, 0.2) is 46.9 Å². The molecule has 0 aliphatic heterocycles. The van der Waals surface area contributed by atoms with Gasteiger partial charge in [-0.05, 0) is 36.8 Å². The first-order valence-electron chi connectivity index (χ1n) is 6.82. The molecule has 1 atom stereocenters. The second-order valence-corrected chi connectivity index (χ2v) is 5.70. The van der Waals surface area contributed by atoms with Crippen molar-refractivity contribution in [3.8, 4) is 5.75 Å². The lowest BCUT2D eigenvalue weighted by atomic mass is 10.1. The first kappa shape index (κ1) is 15.9. The molecule has 2 aromatic rings. The Labute approximate surface area is 134 Å². The van der Waals surface area contributed by atoms with Crippen LogP contribution in [0.2, 0.25) is 0 Å². The molecule has 3 nitrogen and oxygen atoms in total. The van der Waals surface area contributed by atoms with Gasteiger partial charge in [0.1, 0.15) is 5.75 Å². The van der Waals surface area contributed by atoms with Gasteiger partial charge < -0.3 is 14.8 Å². The number of hydrogen-bond acceptors (Lipinski definition) is 3. The van der Waals surface area contributed by atoms with Crippen LogP contribution in [0.3, 0.4) is 0 Å². The highest BCUT2D eigenvalue weighted by Crippen LogP contribution is 2.29. The van der Waals surface area contributed by atoms with Crippen molar-refractivity contribution in [2.45, 2.75) is 19.6 Å². The third-order valence-corrected chi connectivity index (χ3v) is 4.12. The fourth-order valence-electron chi connectivity index (χ4n) is 2.21. The number of rotatable bonds is 6. The van der Waals surface area contributed by atoms with Crippen molar-refractivity contribution in [2.24, 2.45) is 0 Å². The molecular weight excluding hydrogens is 330 g/mol. The Morgan fingerprint density at radius 2 is 1.90 bits per heavy atom. The summed E-state index contributed by atoms with van der Waals surface area (Å²) < 4.78 is 11.6. The van der Waals surface area contributed by atoms with E-state index in [9.17, 15) is 0 Å². The number of ether oxygens (including phenoxy) is 2. The summed E-state index contributed by atoms with van der Waals surface area (Å²) in [6, 6.07) is 14.4. The Morgan fingerprint density at radius 1 is 1.14 bits per heavy atom. The van der Waals surface area contributed by atoms with Crippen LogP contribution in [0.5, 0.6) is 5.75 Å². The SMILES string of the molecule is COCc1c(Br)cccc1NC(C)c1cccc(OC)c1. The molecule has 0 aromatic heterocycles. The Bertz CT molecular complexity index is 601. The van der Waals surface area contributed by atoms with Crippen LogP contribution in [0.25, 0.3) is 0 Å². The smallest absolute Gasteiger partial charge is 0.119 e. The van der Waals surface area contributed by atoms with Crippen molar-refractivity contribution in [3.63, 3.8) is 0 Å². The number of methoxy groups -OCH3 is 2. The van der Waals surface area contributed by atoms with E-state index in [-0.39, 0.29) is 6.04 Å². The predicted octanol–water partition coefficient (Wildman–Crippen LogP) is 4.78. The number of halogens is 1. The molecule has 0 fully saturated rings. The van der Waals surface area contributed by atoms with Gasteiger partial charge in [0.05, 0.1) is 13.7 Å². The molecule has 0 saturated heterocycles. The number of hydrogen-bond donors (Lipinski definition) is 1. The first-order chi connectivity index (χ1) is 10.2. The number of nitrogens with one attached hydrogen (secondary N) is 1. The molecule has 21 heavy (non-hydrogen) atoms. The fourth-order valence-corrected chi connectivity index (χ4v) is 2.69. The van der Waals surface area contributed by atoms with Crippen molar-refractivity contribution >= 4 is 21.6 Å². The maximum absolute atomic E-state index is 5.28. The molecule has 2 rings (SSSR count). The van der Waals surface area contributed by atoms with Crippen LogP contribution in [0, 0.1) is 0 Å². The molecule has 112 valence electrons. The molecule has 4 heteroatoms. The maximum Gasteiger partial charge on any atom is 0.119 e. The Kier molecular flexibility index (Phi) is 5.65. The van der Waals surface area contributed by atoms with Gasteiger partial charge in [-0.2, -0.15) is 0 Å². The van der Waals surface area contributed by atoms with Gasteiger partial charge in [-0.1, -0.05) is 34.1 Å². The molecule has 0 heterocycles. The largest absolute Gasteiger partial charge is 0.497 e. The van der Waals surface area contributed by atoms with Crippen LogP contribution in [-0.2, 0) is 11.3 Å². The highest BCUT2D eigenvalue weighted by molar-refractivity contribution is 9.10. The van der Waals surface area contributed by atoms with Crippen molar-refractivity contribution in [2.75, 3.05) is 19.5 Å². The molecule has 1 unspecified atom stereocenters. The average molecular weight is 350 g/mol. The summed E-state index contributed by atoms with van der Waals surface area (Å²) in [5.41, 5.74) is 3.37. The predicted molar refractivity (Wildman–Crippen MR) is 89.9 cm³/mol. The van der Waals surface area contributed by atoms with Gasteiger partial charge >= 0.3 is 0 Å². The first-order valence-corrected chi connectivity index (χ1v) is 7.61. The van der Waals surface area contributed by atoms with Crippen molar-refractivity contribution in [1.82, 2.24) is 0 Å². The van der Waals surface area contributed by atoms with E-state index in [1.807, 2.05) is 30.3 Å². The van der Waals surface area contributed by atoms with E-state index in [1.54, 1.807) is 14.2 Å². The highest BCUT2D eigenvalue weighted by atomic mass is 79.9. The molecule has 0 amide bonds. The maximum atomic E-state index is 5.28. The minimum atomic E-state index is 0.171. The zero-order valence-corrected chi connectivity index (χ0v) is 14.1. The van der Waals surface area contributed by atoms with Crippen LogP contribution in [-0.4, -0.2) is 14.2 Å². The highest BCUT2D eigenvalue weighted by Gasteiger charge is 2.11. The summed E-state index contributed by atoms with van der Waals surface area (Å²) in [5.74, 6) is 0.868. The molecule has 1 N–H and O–H groups in total. The summed E-state index contributed by atoms with van der Waals surface area (Å²) in [6.45, 7) is 2.70. The molecule has 0 aliphatic carbocycles. The second-order valence-electron chi connectivity index (χ2n) is 4.84. The Balaban J connectivity index is 2.22. The van der Waals surface area contributed by atoms with E-state index in [2.05, 4.69) is 40.3 Å². The van der Waals surface area contributed by atoms with Crippen molar-refractivity contribution in [1.29, 1.82) is 0 Å². The average Bonchev–Trinajstić information content (AvgIpc) is 2.51. The van der Waals surface area contributed by atoms with E-state index in [1.165, 1.54) is 5.56 Å². The van der Waals surface area contributed by atoms with Crippen LogP contribution in [0.4, 0.5) is 5.69 Å². The summed E-state index contributed by atoms with van der Waals surface area (Å²) in [6.07, 6.45) is 0. The van der Waals surface area contributed by atoms with Gasteiger partial charge in [0, 0.05) is 28.9 Å². The monoisotopic (exact) mass is 349 g/mol. The van der Waals surface area contributed by atoms with Gasteiger partial charge in [0.15, 0.2) is 0 Å². The summed E-state index contributed by atoms with van der Waals surface area (Å²) in [4.78, 5) is 0. The van der Waals surface area contributed by atoms with E-state index < -0.39 is 0 Å². The van der Waals surface area contributed by atoms with Crippen LogP contribution >= 0.6 is 15.9 Å². The number of benzene rings is 2. The topological polar surface area (TPSA) is 30.5 Å². The third kappa shape index (κ3) is 3.99. The zero-order valence-electron chi connectivity index (χ0n) is 12.5. The summed E-state index contributed by atoms with van der Waals surface area (Å²) in [5, 5.41) is 3.54. The third-order valence-electron chi connectivity index (χ3n) is 3.37. The standard InChI is InChI=1S/C17H20BrNO2/c1-12(13-6-4-7-14(10-13)21-3)19-17-9-5-8-16(18)15(17)11-20-2/h4-10,12,19H,11H2,1-3H3. The molecule has 0 aliphatic rings. The van der Waals surface area contributed by atoms with Gasteiger partial charge in [-0.25, -0.2) is 0 Å². The van der Waals surface area contributed by atoms with Crippen molar-refractivity contribution in [3.05, 3.63) is 58.1 Å².